The summed E-state index contributed by atoms with van der Waals surface area (Å²) < 4.78 is 0.799. The minimum Gasteiger partial charge on any atom is -0.352 e. The molecule has 0 saturated heterocycles. The summed E-state index contributed by atoms with van der Waals surface area (Å²) in [4.78, 5) is 10.2. The second-order valence-corrected chi connectivity index (χ2v) is 5.78. The standard InChI is InChI=1S/C13H12BrCl2N3/c1-8(9-4-3-5-10(15)6-9)19(2)12-11(14)7-17-13(16)18-12/h3-8H,1-2H3. The first-order valence-corrected chi connectivity index (χ1v) is 7.20. The maximum atomic E-state index is 6.02. The summed E-state index contributed by atoms with van der Waals surface area (Å²) in [5.41, 5.74) is 1.11. The van der Waals surface area contributed by atoms with Gasteiger partial charge in [-0.2, -0.15) is 4.98 Å². The number of aromatic nitrogens is 2. The SMILES string of the molecule is CC(c1cccc(Cl)c1)N(C)c1nc(Cl)ncc1Br. The lowest BCUT2D eigenvalue weighted by molar-refractivity contribution is 0.725. The third-order valence-corrected chi connectivity index (χ3v) is 3.92. The van der Waals surface area contributed by atoms with Crippen molar-refractivity contribution in [3.8, 4) is 0 Å². The minimum absolute atomic E-state index is 0.112. The molecule has 0 radical (unpaired) electrons. The van der Waals surface area contributed by atoms with Gasteiger partial charge in [-0.05, 0) is 52.2 Å². The summed E-state index contributed by atoms with van der Waals surface area (Å²) in [6.45, 7) is 2.08. The van der Waals surface area contributed by atoms with Crippen molar-refractivity contribution in [3.63, 3.8) is 0 Å². The number of nitrogens with zero attached hydrogens (tertiary/aromatic N) is 3. The van der Waals surface area contributed by atoms with Crippen molar-refractivity contribution in [2.45, 2.75) is 13.0 Å². The van der Waals surface area contributed by atoms with Gasteiger partial charge in [0.2, 0.25) is 5.28 Å². The maximum Gasteiger partial charge on any atom is 0.224 e. The zero-order valence-electron chi connectivity index (χ0n) is 10.4. The largest absolute Gasteiger partial charge is 0.352 e. The normalized spacial score (nSPS) is 12.3. The molecule has 3 nitrogen and oxygen atoms in total. The van der Waals surface area contributed by atoms with Crippen molar-refractivity contribution < 1.29 is 0 Å². The molecule has 1 heterocycles. The van der Waals surface area contributed by atoms with Crippen LogP contribution in [-0.2, 0) is 0 Å². The summed E-state index contributed by atoms with van der Waals surface area (Å²) in [6.07, 6.45) is 1.64. The first-order chi connectivity index (χ1) is 8.99. The van der Waals surface area contributed by atoms with Crippen molar-refractivity contribution in [2.75, 3.05) is 11.9 Å². The van der Waals surface area contributed by atoms with Gasteiger partial charge < -0.3 is 4.90 Å². The van der Waals surface area contributed by atoms with Crippen LogP contribution in [0.1, 0.15) is 18.5 Å². The Morgan fingerprint density at radius 2 is 2.05 bits per heavy atom. The molecule has 0 bridgehead atoms. The third-order valence-electron chi connectivity index (χ3n) is 2.94. The summed E-state index contributed by atoms with van der Waals surface area (Å²) in [7, 11) is 1.95. The van der Waals surface area contributed by atoms with Crippen LogP contribution in [0.15, 0.2) is 34.9 Å². The first kappa shape index (κ1) is 14.6. The number of halogens is 3. The quantitative estimate of drug-likeness (QED) is 0.740. The summed E-state index contributed by atoms with van der Waals surface area (Å²) >= 11 is 15.3. The zero-order chi connectivity index (χ0) is 14.0. The number of anilines is 1. The van der Waals surface area contributed by atoms with E-state index in [1.165, 1.54) is 0 Å². The van der Waals surface area contributed by atoms with Gasteiger partial charge in [0.25, 0.3) is 0 Å². The highest BCUT2D eigenvalue weighted by molar-refractivity contribution is 9.10. The van der Waals surface area contributed by atoms with Crippen LogP contribution in [0.25, 0.3) is 0 Å². The molecule has 2 aromatic rings. The van der Waals surface area contributed by atoms with E-state index in [2.05, 4.69) is 32.8 Å². The molecule has 1 atom stereocenters. The fraction of sp³-hybridized carbons (Fsp3) is 0.231. The molecular formula is C13H12BrCl2N3. The van der Waals surface area contributed by atoms with Crippen LogP contribution >= 0.6 is 39.1 Å². The summed E-state index contributed by atoms with van der Waals surface area (Å²) in [5.74, 6) is 0.743. The molecule has 0 aliphatic heterocycles. The Bertz CT molecular complexity index is 592. The third kappa shape index (κ3) is 3.38. The van der Waals surface area contributed by atoms with Crippen molar-refractivity contribution in [2.24, 2.45) is 0 Å². The molecule has 0 aliphatic rings. The zero-order valence-corrected chi connectivity index (χ0v) is 13.5. The molecular weight excluding hydrogens is 349 g/mol. The lowest BCUT2D eigenvalue weighted by Gasteiger charge is -2.27. The van der Waals surface area contributed by atoms with Crippen LogP contribution in [0.3, 0.4) is 0 Å². The van der Waals surface area contributed by atoms with Gasteiger partial charge in [0, 0.05) is 18.3 Å². The Labute approximate surface area is 130 Å². The molecule has 1 unspecified atom stereocenters. The Morgan fingerprint density at radius 3 is 2.74 bits per heavy atom. The lowest BCUT2D eigenvalue weighted by Crippen LogP contribution is -2.23. The van der Waals surface area contributed by atoms with Crippen LogP contribution in [-0.4, -0.2) is 17.0 Å². The van der Waals surface area contributed by atoms with E-state index in [9.17, 15) is 0 Å². The summed E-state index contributed by atoms with van der Waals surface area (Å²) in [6, 6.07) is 7.88. The monoisotopic (exact) mass is 359 g/mol. The predicted octanol–water partition coefficient (Wildman–Crippen LogP) is 4.74. The first-order valence-electron chi connectivity index (χ1n) is 5.65. The Morgan fingerprint density at radius 1 is 1.32 bits per heavy atom. The minimum atomic E-state index is 0.112. The van der Waals surface area contributed by atoms with Gasteiger partial charge in [-0.25, -0.2) is 4.98 Å². The highest BCUT2D eigenvalue weighted by Crippen LogP contribution is 2.30. The fourth-order valence-electron chi connectivity index (χ4n) is 1.76. The molecule has 0 aliphatic carbocycles. The number of rotatable bonds is 3. The van der Waals surface area contributed by atoms with Gasteiger partial charge >= 0.3 is 0 Å². The molecule has 0 N–H and O–H groups in total. The summed E-state index contributed by atoms with van der Waals surface area (Å²) in [5, 5.41) is 0.945. The van der Waals surface area contributed by atoms with E-state index in [0.29, 0.717) is 0 Å². The van der Waals surface area contributed by atoms with Crippen LogP contribution in [0.4, 0.5) is 5.82 Å². The van der Waals surface area contributed by atoms with E-state index in [0.717, 1.165) is 20.9 Å². The topological polar surface area (TPSA) is 29.0 Å². The van der Waals surface area contributed by atoms with E-state index in [1.807, 2.05) is 36.2 Å². The fourth-order valence-corrected chi connectivity index (χ4v) is 2.56. The molecule has 0 fully saturated rings. The highest BCUT2D eigenvalue weighted by atomic mass is 79.9. The highest BCUT2D eigenvalue weighted by Gasteiger charge is 2.17. The van der Waals surface area contributed by atoms with E-state index in [-0.39, 0.29) is 11.3 Å². The van der Waals surface area contributed by atoms with Gasteiger partial charge in [-0.15, -0.1) is 0 Å². The number of benzene rings is 1. The number of hydrogen-bond donors (Lipinski definition) is 0. The molecule has 1 aromatic carbocycles. The molecule has 0 saturated carbocycles. The predicted molar refractivity (Wildman–Crippen MR) is 83.0 cm³/mol. The molecule has 100 valence electrons. The molecule has 0 spiro atoms. The van der Waals surface area contributed by atoms with Gasteiger partial charge in [0.05, 0.1) is 10.5 Å². The molecule has 1 aromatic heterocycles. The van der Waals surface area contributed by atoms with E-state index in [4.69, 9.17) is 23.2 Å². The van der Waals surface area contributed by atoms with Gasteiger partial charge in [0.15, 0.2) is 0 Å². The lowest BCUT2D eigenvalue weighted by atomic mass is 10.1. The number of hydrogen-bond acceptors (Lipinski definition) is 3. The van der Waals surface area contributed by atoms with E-state index >= 15 is 0 Å². The molecule has 6 heteroatoms. The van der Waals surface area contributed by atoms with Crippen molar-refractivity contribution >= 4 is 44.9 Å². The second kappa shape index (κ2) is 6.07. The Kier molecular flexibility index (Phi) is 4.66. The van der Waals surface area contributed by atoms with Gasteiger partial charge in [-0.1, -0.05) is 23.7 Å². The van der Waals surface area contributed by atoms with E-state index < -0.39 is 0 Å². The van der Waals surface area contributed by atoms with Crippen LogP contribution in [0, 0.1) is 0 Å². The van der Waals surface area contributed by atoms with Crippen LogP contribution < -0.4 is 4.90 Å². The average molecular weight is 361 g/mol. The van der Waals surface area contributed by atoms with Crippen LogP contribution in [0.2, 0.25) is 10.3 Å². The van der Waals surface area contributed by atoms with Crippen LogP contribution in [0.5, 0.6) is 0 Å². The Hall–Kier alpha value is -0.840. The smallest absolute Gasteiger partial charge is 0.224 e. The van der Waals surface area contributed by atoms with Crippen molar-refractivity contribution in [1.29, 1.82) is 0 Å². The van der Waals surface area contributed by atoms with Gasteiger partial charge in [0.1, 0.15) is 5.82 Å². The maximum absolute atomic E-state index is 6.02. The average Bonchev–Trinajstić information content (AvgIpc) is 2.40. The second-order valence-electron chi connectivity index (χ2n) is 4.15. The van der Waals surface area contributed by atoms with Crippen molar-refractivity contribution in [1.82, 2.24) is 9.97 Å². The molecule has 2 rings (SSSR count). The Balaban J connectivity index is 2.33. The molecule has 19 heavy (non-hydrogen) atoms. The molecule has 0 amide bonds. The van der Waals surface area contributed by atoms with Crippen molar-refractivity contribution in [3.05, 3.63) is 50.8 Å². The van der Waals surface area contributed by atoms with Gasteiger partial charge in [-0.3, -0.25) is 0 Å². The van der Waals surface area contributed by atoms with E-state index in [1.54, 1.807) is 6.20 Å².